The molecule has 0 aliphatic heterocycles. The van der Waals surface area contributed by atoms with Crippen LogP contribution < -0.4 is 16.0 Å². The zero-order valence-electron chi connectivity index (χ0n) is 16.7. The molecule has 1 aromatic carbocycles. The first-order valence-electron chi connectivity index (χ1n) is 9.87. The van der Waals surface area contributed by atoms with Gasteiger partial charge in [0.2, 0.25) is 5.91 Å². The zero-order valence-corrected chi connectivity index (χ0v) is 16.7. The molecule has 2 heterocycles. The molecule has 7 nitrogen and oxygen atoms in total. The highest BCUT2D eigenvalue weighted by atomic mass is 19.1. The number of aryl methyl sites for hydroxylation is 1. The van der Waals surface area contributed by atoms with Gasteiger partial charge in [-0.25, -0.2) is 9.37 Å². The van der Waals surface area contributed by atoms with Crippen LogP contribution in [0.2, 0.25) is 0 Å². The molecular formula is C22H23FN6O. The Morgan fingerprint density at radius 2 is 1.73 bits per heavy atom. The summed E-state index contributed by atoms with van der Waals surface area (Å²) in [4.78, 5) is 16.8. The average Bonchev–Trinajstić information content (AvgIpc) is 3.55. The number of amides is 1. The van der Waals surface area contributed by atoms with Gasteiger partial charge in [0.25, 0.3) is 0 Å². The predicted octanol–water partition coefficient (Wildman–Crippen LogP) is 3.32. The summed E-state index contributed by atoms with van der Waals surface area (Å²) in [6.07, 6.45) is 3.30. The number of benzene rings is 1. The number of carbonyl (C=O) groups is 1. The molecule has 1 aliphatic rings. The molecule has 0 unspecified atom stereocenters. The summed E-state index contributed by atoms with van der Waals surface area (Å²) in [5.74, 6) is 1.61. The smallest absolute Gasteiger partial charge is 0.230 e. The fourth-order valence-corrected chi connectivity index (χ4v) is 3.31. The summed E-state index contributed by atoms with van der Waals surface area (Å²) in [5.41, 5.74) is 1.46. The number of rotatable bonds is 8. The van der Waals surface area contributed by atoms with Crippen LogP contribution in [-0.2, 0) is 10.2 Å². The molecule has 1 fully saturated rings. The van der Waals surface area contributed by atoms with Gasteiger partial charge >= 0.3 is 0 Å². The third-order valence-corrected chi connectivity index (χ3v) is 5.13. The SMILES string of the molecule is Cc1ccnc(Nc2ccc(NCCNC(=O)C3(c4ccc(F)cc4)CC3)nn2)c1. The molecule has 3 aromatic rings. The van der Waals surface area contributed by atoms with E-state index in [1.807, 2.05) is 31.2 Å². The van der Waals surface area contributed by atoms with Gasteiger partial charge < -0.3 is 16.0 Å². The first-order valence-corrected chi connectivity index (χ1v) is 9.87. The van der Waals surface area contributed by atoms with Crippen LogP contribution in [0.1, 0.15) is 24.0 Å². The molecule has 0 spiro atoms. The maximum absolute atomic E-state index is 13.1. The van der Waals surface area contributed by atoms with Crippen LogP contribution in [-0.4, -0.2) is 34.2 Å². The Morgan fingerprint density at radius 3 is 2.40 bits per heavy atom. The molecule has 30 heavy (non-hydrogen) atoms. The number of nitrogens with zero attached hydrogens (tertiary/aromatic N) is 3. The van der Waals surface area contributed by atoms with E-state index < -0.39 is 5.41 Å². The largest absolute Gasteiger partial charge is 0.367 e. The number of hydrogen-bond donors (Lipinski definition) is 3. The van der Waals surface area contributed by atoms with Gasteiger partial charge in [0, 0.05) is 19.3 Å². The molecule has 0 bridgehead atoms. The van der Waals surface area contributed by atoms with Crippen molar-refractivity contribution in [1.82, 2.24) is 20.5 Å². The number of aromatic nitrogens is 3. The van der Waals surface area contributed by atoms with Crippen molar-refractivity contribution in [3.05, 3.63) is 71.7 Å². The number of nitrogens with one attached hydrogen (secondary N) is 3. The van der Waals surface area contributed by atoms with Gasteiger partial charge in [0.1, 0.15) is 17.5 Å². The van der Waals surface area contributed by atoms with Crippen LogP contribution >= 0.6 is 0 Å². The standard InChI is InChI=1S/C22H23FN6O/c1-15-8-11-24-20(14-15)27-19-7-6-18(28-29-19)25-12-13-26-21(30)22(9-10-22)16-2-4-17(23)5-3-16/h2-8,11,14H,9-10,12-13H2,1H3,(H,25,28)(H,26,30)(H,24,27,29). The lowest BCUT2D eigenvalue weighted by molar-refractivity contribution is -0.123. The van der Waals surface area contributed by atoms with Gasteiger partial charge in [0.05, 0.1) is 5.41 Å². The first-order chi connectivity index (χ1) is 14.5. The lowest BCUT2D eigenvalue weighted by Crippen LogP contribution is -2.37. The summed E-state index contributed by atoms with van der Waals surface area (Å²) in [6, 6.07) is 13.7. The van der Waals surface area contributed by atoms with Crippen molar-refractivity contribution < 1.29 is 9.18 Å². The average molecular weight is 406 g/mol. The molecule has 0 atom stereocenters. The number of pyridine rings is 1. The van der Waals surface area contributed by atoms with Gasteiger partial charge in [0.15, 0.2) is 5.82 Å². The minimum atomic E-state index is -0.509. The van der Waals surface area contributed by atoms with E-state index >= 15 is 0 Å². The topological polar surface area (TPSA) is 91.8 Å². The molecule has 2 aromatic heterocycles. The van der Waals surface area contributed by atoms with Crippen molar-refractivity contribution in [3.8, 4) is 0 Å². The second kappa shape index (κ2) is 8.44. The fourth-order valence-electron chi connectivity index (χ4n) is 3.31. The number of carbonyl (C=O) groups excluding carboxylic acids is 1. The predicted molar refractivity (Wildman–Crippen MR) is 113 cm³/mol. The van der Waals surface area contributed by atoms with Crippen LogP contribution in [0.15, 0.2) is 54.7 Å². The summed E-state index contributed by atoms with van der Waals surface area (Å²) < 4.78 is 13.1. The van der Waals surface area contributed by atoms with Crippen LogP contribution in [0, 0.1) is 12.7 Å². The van der Waals surface area contributed by atoms with E-state index in [2.05, 4.69) is 31.1 Å². The Hall–Kier alpha value is -3.55. The van der Waals surface area contributed by atoms with Crippen molar-refractivity contribution in [1.29, 1.82) is 0 Å². The normalized spacial score (nSPS) is 14.1. The minimum absolute atomic E-state index is 0.0211. The fraction of sp³-hybridized carbons (Fsp3) is 0.273. The van der Waals surface area contributed by atoms with Crippen molar-refractivity contribution in [2.75, 3.05) is 23.7 Å². The van der Waals surface area contributed by atoms with E-state index in [1.54, 1.807) is 18.3 Å². The lowest BCUT2D eigenvalue weighted by Gasteiger charge is -2.16. The van der Waals surface area contributed by atoms with E-state index in [4.69, 9.17) is 0 Å². The van der Waals surface area contributed by atoms with Crippen LogP contribution in [0.4, 0.5) is 21.8 Å². The minimum Gasteiger partial charge on any atom is -0.367 e. The molecule has 4 rings (SSSR count). The van der Waals surface area contributed by atoms with Crippen molar-refractivity contribution >= 4 is 23.4 Å². The molecule has 0 saturated heterocycles. The Morgan fingerprint density at radius 1 is 1.00 bits per heavy atom. The van der Waals surface area contributed by atoms with Crippen LogP contribution in [0.25, 0.3) is 0 Å². The van der Waals surface area contributed by atoms with E-state index in [9.17, 15) is 9.18 Å². The van der Waals surface area contributed by atoms with Crippen LogP contribution in [0.3, 0.4) is 0 Å². The van der Waals surface area contributed by atoms with Gasteiger partial charge in [-0.15, -0.1) is 10.2 Å². The lowest BCUT2D eigenvalue weighted by atomic mass is 9.95. The maximum atomic E-state index is 13.1. The summed E-state index contributed by atoms with van der Waals surface area (Å²) in [7, 11) is 0. The van der Waals surface area contributed by atoms with Crippen LogP contribution in [0.5, 0.6) is 0 Å². The summed E-state index contributed by atoms with van der Waals surface area (Å²) in [5, 5.41) is 17.5. The van der Waals surface area contributed by atoms with Gasteiger partial charge in [-0.05, 0) is 67.3 Å². The zero-order chi connectivity index (χ0) is 21.0. The monoisotopic (exact) mass is 406 g/mol. The molecular weight excluding hydrogens is 383 g/mol. The van der Waals surface area contributed by atoms with E-state index in [0.29, 0.717) is 30.5 Å². The molecule has 1 aliphatic carbocycles. The summed E-state index contributed by atoms with van der Waals surface area (Å²) >= 11 is 0. The highest BCUT2D eigenvalue weighted by Gasteiger charge is 2.50. The van der Waals surface area contributed by atoms with Gasteiger partial charge in [-0.2, -0.15) is 0 Å². The highest BCUT2D eigenvalue weighted by Crippen LogP contribution is 2.48. The van der Waals surface area contributed by atoms with E-state index in [1.165, 1.54) is 12.1 Å². The third kappa shape index (κ3) is 4.53. The second-order valence-corrected chi connectivity index (χ2v) is 7.42. The quantitative estimate of drug-likeness (QED) is 0.497. The van der Waals surface area contributed by atoms with E-state index in [0.717, 1.165) is 24.0 Å². The third-order valence-electron chi connectivity index (χ3n) is 5.13. The first kappa shape index (κ1) is 19.8. The Balaban J connectivity index is 1.24. The molecule has 1 saturated carbocycles. The highest BCUT2D eigenvalue weighted by molar-refractivity contribution is 5.91. The summed E-state index contributed by atoms with van der Waals surface area (Å²) in [6.45, 7) is 2.97. The Kier molecular flexibility index (Phi) is 5.56. The second-order valence-electron chi connectivity index (χ2n) is 7.42. The number of anilines is 3. The molecule has 3 N–H and O–H groups in total. The van der Waals surface area contributed by atoms with Crippen molar-refractivity contribution in [2.45, 2.75) is 25.2 Å². The Bertz CT molecular complexity index is 1020. The molecule has 154 valence electrons. The van der Waals surface area contributed by atoms with E-state index in [-0.39, 0.29) is 11.7 Å². The maximum Gasteiger partial charge on any atom is 0.230 e. The van der Waals surface area contributed by atoms with Gasteiger partial charge in [-0.1, -0.05) is 12.1 Å². The Labute approximate surface area is 174 Å². The molecule has 0 radical (unpaired) electrons. The molecule has 8 heteroatoms. The van der Waals surface area contributed by atoms with Gasteiger partial charge in [-0.3, -0.25) is 4.79 Å². The molecule has 1 amide bonds. The number of halogens is 1. The number of hydrogen-bond acceptors (Lipinski definition) is 6. The van der Waals surface area contributed by atoms with Crippen molar-refractivity contribution in [3.63, 3.8) is 0 Å². The van der Waals surface area contributed by atoms with Crippen molar-refractivity contribution in [2.24, 2.45) is 0 Å².